The van der Waals surface area contributed by atoms with Crippen LogP contribution < -0.4 is 4.90 Å². The first-order valence-corrected chi connectivity index (χ1v) is 4.93. The van der Waals surface area contributed by atoms with Gasteiger partial charge in [-0.15, -0.1) is 0 Å². The predicted octanol–water partition coefficient (Wildman–Crippen LogP) is 1.67. The van der Waals surface area contributed by atoms with Crippen molar-refractivity contribution in [3.05, 3.63) is 23.9 Å². The molecule has 1 aromatic rings. The van der Waals surface area contributed by atoms with E-state index >= 15 is 0 Å². The van der Waals surface area contributed by atoms with Crippen LogP contribution in [-0.4, -0.2) is 29.3 Å². The number of anilines is 1. The maximum Gasteiger partial charge on any atom is 0.416 e. The fraction of sp³-hybridized carbons (Fsp3) is 0.500. The molecule has 1 unspecified atom stereocenters. The third-order valence-corrected chi connectivity index (χ3v) is 2.56. The minimum Gasteiger partial charge on any atom is -0.391 e. The van der Waals surface area contributed by atoms with Gasteiger partial charge in [0, 0.05) is 19.3 Å². The van der Waals surface area contributed by atoms with Gasteiger partial charge in [0.25, 0.3) is 0 Å². The van der Waals surface area contributed by atoms with Gasteiger partial charge in [-0.1, -0.05) is 0 Å². The van der Waals surface area contributed by atoms with Crippen LogP contribution in [-0.2, 0) is 6.18 Å². The van der Waals surface area contributed by atoms with Crippen LogP contribution >= 0.6 is 0 Å². The van der Waals surface area contributed by atoms with E-state index in [4.69, 9.17) is 0 Å². The number of rotatable bonds is 1. The van der Waals surface area contributed by atoms with Gasteiger partial charge in [0.2, 0.25) is 0 Å². The van der Waals surface area contributed by atoms with E-state index in [2.05, 4.69) is 4.98 Å². The summed E-state index contributed by atoms with van der Waals surface area (Å²) in [6.45, 7) is 0.879. The molecular weight excluding hydrogens is 221 g/mol. The third kappa shape index (κ3) is 2.27. The highest BCUT2D eigenvalue weighted by molar-refractivity contribution is 5.43. The van der Waals surface area contributed by atoms with Crippen LogP contribution in [0.1, 0.15) is 12.0 Å². The molecule has 0 spiro atoms. The Hall–Kier alpha value is -1.30. The fourth-order valence-corrected chi connectivity index (χ4v) is 1.72. The van der Waals surface area contributed by atoms with Crippen molar-refractivity contribution in [2.45, 2.75) is 18.7 Å². The molecule has 1 aliphatic heterocycles. The Morgan fingerprint density at radius 3 is 2.75 bits per heavy atom. The van der Waals surface area contributed by atoms with Crippen molar-refractivity contribution < 1.29 is 18.3 Å². The third-order valence-electron chi connectivity index (χ3n) is 2.56. The molecule has 2 heterocycles. The molecule has 16 heavy (non-hydrogen) atoms. The van der Waals surface area contributed by atoms with Gasteiger partial charge in [0.05, 0.1) is 11.7 Å². The Morgan fingerprint density at radius 2 is 2.19 bits per heavy atom. The smallest absolute Gasteiger partial charge is 0.391 e. The first-order chi connectivity index (χ1) is 7.47. The zero-order valence-electron chi connectivity index (χ0n) is 8.41. The second-order valence-corrected chi connectivity index (χ2v) is 3.79. The molecule has 3 nitrogen and oxygen atoms in total. The van der Waals surface area contributed by atoms with E-state index in [0.29, 0.717) is 19.5 Å². The van der Waals surface area contributed by atoms with Crippen LogP contribution in [0, 0.1) is 0 Å². The van der Waals surface area contributed by atoms with Crippen LogP contribution in [0.5, 0.6) is 0 Å². The molecule has 0 bridgehead atoms. The van der Waals surface area contributed by atoms with E-state index in [-0.39, 0.29) is 5.82 Å². The number of hydrogen-bond donors (Lipinski definition) is 1. The van der Waals surface area contributed by atoms with Crippen LogP contribution in [0.3, 0.4) is 0 Å². The van der Waals surface area contributed by atoms with Gasteiger partial charge in [0.1, 0.15) is 5.82 Å². The van der Waals surface area contributed by atoms with Crippen molar-refractivity contribution in [3.63, 3.8) is 0 Å². The summed E-state index contributed by atoms with van der Waals surface area (Å²) < 4.78 is 37.3. The number of alkyl halides is 3. The van der Waals surface area contributed by atoms with Gasteiger partial charge < -0.3 is 10.0 Å². The molecule has 6 heteroatoms. The topological polar surface area (TPSA) is 36.4 Å². The maximum absolute atomic E-state index is 12.4. The normalized spacial score (nSPS) is 21.5. The Kier molecular flexibility index (Phi) is 2.75. The van der Waals surface area contributed by atoms with Gasteiger partial charge in [-0.05, 0) is 18.6 Å². The summed E-state index contributed by atoms with van der Waals surface area (Å²) in [5, 5.41) is 9.30. The quantitative estimate of drug-likeness (QED) is 0.800. The van der Waals surface area contributed by atoms with E-state index in [1.165, 1.54) is 0 Å². The molecule has 0 aromatic carbocycles. The summed E-state index contributed by atoms with van der Waals surface area (Å²) in [5.74, 6) is 0.270. The predicted molar refractivity (Wildman–Crippen MR) is 52.1 cm³/mol. The Morgan fingerprint density at radius 1 is 1.44 bits per heavy atom. The average Bonchev–Trinajstić information content (AvgIpc) is 2.64. The van der Waals surface area contributed by atoms with Crippen LogP contribution in [0.15, 0.2) is 18.3 Å². The first-order valence-electron chi connectivity index (χ1n) is 4.93. The molecular formula is C10H11F3N2O. The van der Waals surface area contributed by atoms with E-state index in [1.807, 2.05) is 0 Å². The number of aliphatic hydroxyl groups excluding tert-OH is 1. The van der Waals surface area contributed by atoms with Crippen molar-refractivity contribution >= 4 is 5.82 Å². The molecule has 2 rings (SSSR count). The lowest BCUT2D eigenvalue weighted by molar-refractivity contribution is -0.137. The van der Waals surface area contributed by atoms with Crippen molar-refractivity contribution in [1.29, 1.82) is 0 Å². The Labute approximate surface area is 90.5 Å². The second-order valence-electron chi connectivity index (χ2n) is 3.79. The lowest BCUT2D eigenvalue weighted by Crippen LogP contribution is -2.22. The van der Waals surface area contributed by atoms with Gasteiger partial charge in [0.15, 0.2) is 0 Å². The maximum atomic E-state index is 12.4. The number of aliphatic hydroxyl groups is 1. The van der Waals surface area contributed by atoms with E-state index < -0.39 is 17.8 Å². The van der Waals surface area contributed by atoms with Gasteiger partial charge in [-0.3, -0.25) is 0 Å². The molecule has 88 valence electrons. The summed E-state index contributed by atoms with van der Waals surface area (Å²) in [7, 11) is 0. The number of halogens is 3. The fourth-order valence-electron chi connectivity index (χ4n) is 1.72. The Bertz CT molecular complexity index is 381. The molecule has 0 saturated carbocycles. The van der Waals surface area contributed by atoms with Crippen molar-refractivity contribution in [2.24, 2.45) is 0 Å². The number of nitrogens with zero attached hydrogens (tertiary/aromatic N) is 2. The zero-order chi connectivity index (χ0) is 11.8. The lowest BCUT2D eigenvalue weighted by Gasteiger charge is -2.17. The van der Waals surface area contributed by atoms with E-state index in [1.54, 1.807) is 4.90 Å². The minimum atomic E-state index is -4.35. The van der Waals surface area contributed by atoms with Crippen molar-refractivity contribution in [1.82, 2.24) is 4.98 Å². The highest BCUT2D eigenvalue weighted by atomic mass is 19.4. The lowest BCUT2D eigenvalue weighted by atomic mass is 10.2. The molecule has 0 amide bonds. The second kappa shape index (κ2) is 3.93. The first kappa shape index (κ1) is 11.2. The monoisotopic (exact) mass is 232 g/mol. The molecule has 1 fully saturated rings. The van der Waals surface area contributed by atoms with Crippen LogP contribution in [0.25, 0.3) is 0 Å². The van der Waals surface area contributed by atoms with Crippen molar-refractivity contribution in [2.75, 3.05) is 18.0 Å². The standard InChI is InChI=1S/C10H11F3N2O/c11-10(12,13)7-1-3-14-9(5-7)15-4-2-8(16)6-15/h1,3,5,8,16H,2,4,6H2. The highest BCUT2D eigenvalue weighted by Crippen LogP contribution is 2.31. The SMILES string of the molecule is OC1CCN(c2cc(C(F)(F)F)ccn2)C1. The number of pyridine rings is 1. The molecule has 1 N–H and O–H groups in total. The van der Waals surface area contributed by atoms with E-state index in [9.17, 15) is 18.3 Å². The summed E-state index contributed by atoms with van der Waals surface area (Å²) in [5.41, 5.74) is -0.709. The molecule has 1 aliphatic rings. The van der Waals surface area contributed by atoms with E-state index in [0.717, 1.165) is 18.3 Å². The minimum absolute atomic E-state index is 0.270. The largest absolute Gasteiger partial charge is 0.416 e. The summed E-state index contributed by atoms with van der Waals surface area (Å²) in [4.78, 5) is 5.54. The van der Waals surface area contributed by atoms with Gasteiger partial charge >= 0.3 is 6.18 Å². The van der Waals surface area contributed by atoms with Crippen LogP contribution in [0.2, 0.25) is 0 Å². The molecule has 1 saturated heterocycles. The summed E-state index contributed by atoms with van der Waals surface area (Å²) in [6, 6.07) is 1.95. The number of aromatic nitrogens is 1. The molecule has 1 atom stereocenters. The van der Waals surface area contributed by atoms with Gasteiger partial charge in [-0.2, -0.15) is 13.2 Å². The van der Waals surface area contributed by atoms with Crippen molar-refractivity contribution in [3.8, 4) is 0 Å². The zero-order valence-corrected chi connectivity index (χ0v) is 8.41. The Balaban J connectivity index is 2.23. The van der Waals surface area contributed by atoms with Gasteiger partial charge in [-0.25, -0.2) is 4.98 Å². The highest BCUT2D eigenvalue weighted by Gasteiger charge is 2.31. The summed E-state index contributed by atoms with van der Waals surface area (Å²) in [6.07, 6.45) is -3.12. The molecule has 0 radical (unpaired) electrons. The van der Waals surface area contributed by atoms with Crippen LogP contribution in [0.4, 0.5) is 19.0 Å². The average molecular weight is 232 g/mol. The number of β-amino-alcohol motifs (C(OH)–C–C–N with tert-alkyl or cyclic N) is 1. The molecule has 0 aliphatic carbocycles. The summed E-state index contributed by atoms with van der Waals surface area (Å²) >= 11 is 0. The molecule has 1 aromatic heterocycles. The number of hydrogen-bond acceptors (Lipinski definition) is 3.